The van der Waals surface area contributed by atoms with E-state index in [-0.39, 0.29) is 17.9 Å². The lowest BCUT2D eigenvalue weighted by atomic mass is 9.60. The van der Waals surface area contributed by atoms with Crippen molar-refractivity contribution in [2.75, 3.05) is 43.4 Å². The smallest absolute Gasteiger partial charge is 0.410 e. The number of phenols is 1. The first-order valence-electron chi connectivity index (χ1n) is 16.6. The summed E-state index contributed by atoms with van der Waals surface area (Å²) in [6.07, 6.45) is 9.35. The molecule has 1 unspecified atom stereocenters. The Morgan fingerprint density at radius 3 is 2.59 bits per heavy atom. The Kier molecular flexibility index (Phi) is 7.75. The molecule has 2 aromatic heterocycles. The molecule has 1 saturated carbocycles. The minimum Gasteiger partial charge on any atom is -0.507 e. The highest BCUT2D eigenvalue weighted by atomic mass is 32.1. The number of fused-ring (bicyclic) bond motifs is 1. The second-order valence-corrected chi connectivity index (χ2v) is 15.9. The average Bonchev–Trinajstić information content (AvgIpc) is 3.56. The van der Waals surface area contributed by atoms with E-state index < -0.39 is 5.60 Å². The second kappa shape index (κ2) is 11.5. The van der Waals surface area contributed by atoms with Gasteiger partial charge in [-0.25, -0.2) is 9.78 Å². The number of thiazole rings is 1. The maximum Gasteiger partial charge on any atom is 0.410 e. The van der Waals surface area contributed by atoms with Crippen LogP contribution in [-0.4, -0.2) is 75.3 Å². The van der Waals surface area contributed by atoms with Crippen molar-refractivity contribution in [3.63, 3.8) is 0 Å². The number of carbonyl (C=O) groups excluding carboxylic acids is 1. The third-order valence-corrected chi connectivity index (χ3v) is 11.6. The number of nitrogen functional groups attached to an aromatic ring is 1. The minimum absolute atomic E-state index is 0.0743. The summed E-state index contributed by atoms with van der Waals surface area (Å²) in [5, 5.41) is 11.4. The number of benzene rings is 1. The summed E-state index contributed by atoms with van der Waals surface area (Å²) in [4.78, 5) is 29.0. The van der Waals surface area contributed by atoms with Crippen molar-refractivity contribution in [2.45, 2.75) is 83.4 Å². The number of hydrogen-bond donors (Lipinski definition) is 4. The quantitative estimate of drug-likeness (QED) is 0.269. The number of ether oxygens (including phenoxy) is 1. The van der Waals surface area contributed by atoms with Gasteiger partial charge in [0, 0.05) is 76.7 Å². The molecule has 3 aliphatic heterocycles. The number of likely N-dealkylation sites (tertiary alicyclic amines) is 2. The Morgan fingerprint density at radius 1 is 1.17 bits per heavy atom. The zero-order valence-corrected chi connectivity index (χ0v) is 28.2. The number of nitrogens with one attached hydrogen (secondary N) is 1. The molecule has 3 aromatic rings. The molecular weight excluding hydrogens is 598 g/mol. The molecule has 246 valence electrons. The molecule has 4 aliphatic rings. The van der Waals surface area contributed by atoms with Crippen molar-refractivity contribution in [1.82, 2.24) is 19.8 Å². The number of amides is 1. The van der Waals surface area contributed by atoms with Crippen LogP contribution >= 0.6 is 11.3 Å². The standard InChI is InChI=1S/C35H47N7O3S/c1-21-30-25(15-26(36)24-7-5-6-8-28(24)43)31(37)39-27(30)11-14-42(21)32-38-18-29(46-32)22-9-12-40(13-10-22)23-16-35(17-23)19-41(20-35)33(44)45-34(2,3)4/h5-8,15,18,21-23,39,43H,9-14,16-17,19-20,36-37H2,1-4H3/b26-15-. The van der Waals surface area contributed by atoms with Crippen LogP contribution in [0.15, 0.2) is 30.5 Å². The van der Waals surface area contributed by atoms with Crippen molar-refractivity contribution in [3.05, 3.63) is 57.7 Å². The van der Waals surface area contributed by atoms with Crippen molar-refractivity contribution < 1.29 is 14.6 Å². The number of phenolic OH excluding ortho intramolecular Hbond substituents is 1. The van der Waals surface area contributed by atoms with Crippen LogP contribution in [0.5, 0.6) is 5.75 Å². The SMILES string of the molecule is CC1c2c([nH]c(N)c2/C=C(\N)c2ccccc2O)CCN1c1ncc(C2CCN(C3CC4(C3)CN(C(=O)OC(C)(C)C)C4)CC2)s1. The average molecular weight is 646 g/mol. The van der Waals surface area contributed by atoms with Crippen molar-refractivity contribution in [3.8, 4) is 5.75 Å². The molecular formula is C35H47N7O3S. The van der Waals surface area contributed by atoms with Crippen LogP contribution in [-0.2, 0) is 11.2 Å². The van der Waals surface area contributed by atoms with E-state index >= 15 is 0 Å². The van der Waals surface area contributed by atoms with Gasteiger partial charge in [-0.2, -0.15) is 0 Å². The van der Waals surface area contributed by atoms with E-state index in [1.165, 1.54) is 17.7 Å². The van der Waals surface area contributed by atoms with Crippen molar-refractivity contribution >= 4 is 40.2 Å². The highest BCUT2D eigenvalue weighted by molar-refractivity contribution is 7.15. The van der Waals surface area contributed by atoms with Crippen LogP contribution in [0.25, 0.3) is 11.8 Å². The zero-order valence-electron chi connectivity index (χ0n) is 27.4. The van der Waals surface area contributed by atoms with Gasteiger partial charge in [0.1, 0.15) is 17.2 Å². The van der Waals surface area contributed by atoms with E-state index in [1.54, 1.807) is 12.1 Å². The van der Waals surface area contributed by atoms with Gasteiger partial charge in [-0.15, -0.1) is 11.3 Å². The third-order valence-electron chi connectivity index (χ3n) is 10.4. The molecule has 1 spiro atoms. The Hall–Kier alpha value is -3.70. The van der Waals surface area contributed by atoms with E-state index in [0.717, 1.165) is 73.9 Å². The van der Waals surface area contributed by atoms with Crippen molar-refractivity contribution in [1.29, 1.82) is 0 Å². The van der Waals surface area contributed by atoms with Crippen LogP contribution < -0.4 is 16.4 Å². The minimum atomic E-state index is -0.442. The second-order valence-electron chi connectivity index (χ2n) is 14.8. The van der Waals surface area contributed by atoms with E-state index in [9.17, 15) is 9.90 Å². The fourth-order valence-corrected chi connectivity index (χ4v) is 9.24. The van der Waals surface area contributed by atoms with Gasteiger partial charge < -0.3 is 41.0 Å². The first kappa shape index (κ1) is 30.9. The van der Waals surface area contributed by atoms with Crippen LogP contribution in [0.4, 0.5) is 15.7 Å². The summed E-state index contributed by atoms with van der Waals surface area (Å²) in [6, 6.07) is 7.81. The normalized spacial score (nSPS) is 22.4. The van der Waals surface area contributed by atoms with Gasteiger partial charge in [-0.1, -0.05) is 12.1 Å². The van der Waals surface area contributed by atoms with E-state index in [1.807, 2.05) is 55.2 Å². The molecule has 7 rings (SSSR count). The van der Waals surface area contributed by atoms with Gasteiger partial charge in [-0.3, -0.25) is 0 Å². The lowest BCUT2D eigenvalue weighted by molar-refractivity contribution is -0.110. The molecule has 1 aromatic carbocycles. The van der Waals surface area contributed by atoms with Crippen LogP contribution in [0, 0.1) is 5.41 Å². The number of nitrogens with two attached hydrogens (primary N) is 2. The van der Waals surface area contributed by atoms with Gasteiger partial charge in [0.2, 0.25) is 0 Å². The van der Waals surface area contributed by atoms with Crippen molar-refractivity contribution in [2.24, 2.45) is 11.1 Å². The number of aromatic amines is 1. The third kappa shape index (κ3) is 5.72. The number of aromatic nitrogens is 2. The molecule has 0 bridgehead atoms. The largest absolute Gasteiger partial charge is 0.507 e. The number of rotatable bonds is 5. The first-order valence-corrected chi connectivity index (χ1v) is 17.4. The topological polar surface area (TPSA) is 137 Å². The summed E-state index contributed by atoms with van der Waals surface area (Å²) < 4.78 is 5.55. The zero-order chi connectivity index (χ0) is 32.4. The number of piperidine rings is 1. The van der Waals surface area contributed by atoms with Gasteiger partial charge in [0.05, 0.1) is 6.04 Å². The molecule has 10 nitrogen and oxygen atoms in total. The van der Waals surface area contributed by atoms with E-state index in [4.69, 9.17) is 21.2 Å². The molecule has 0 radical (unpaired) electrons. The van der Waals surface area contributed by atoms with Gasteiger partial charge in [0.25, 0.3) is 0 Å². The van der Waals surface area contributed by atoms with Crippen LogP contribution in [0.3, 0.4) is 0 Å². The number of hydrogen-bond acceptors (Lipinski definition) is 9. The monoisotopic (exact) mass is 645 g/mol. The summed E-state index contributed by atoms with van der Waals surface area (Å²) in [5.41, 5.74) is 17.0. The number of nitrogens with zero attached hydrogens (tertiary/aromatic N) is 4. The molecule has 5 heterocycles. The molecule has 11 heteroatoms. The molecule has 1 aliphatic carbocycles. The van der Waals surface area contributed by atoms with E-state index in [0.29, 0.717) is 34.5 Å². The fourth-order valence-electron chi connectivity index (χ4n) is 8.05. The Balaban J connectivity index is 0.953. The number of carbonyl (C=O) groups is 1. The summed E-state index contributed by atoms with van der Waals surface area (Å²) >= 11 is 1.83. The first-order chi connectivity index (χ1) is 21.9. The number of para-hydroxylation sites is 1. The van der Waals surface area contributed by atoms with E-state index in [2.05, 4.69) is 27.9 Å². The molecule has 2 saturated heterocycles. The predicted molar refractivity (Wildman–Crippen MR) is 184 cm³/mol. The lowest BCUT2D eigenvalue weighted by Crippen LogP contribution is -2.68. The van der Waals surface area contributed by atoms with Gasteiger partial charge in [0.15, 0.2) is 5.13 Å². The summed E-state index contributed by atoms with van der Waals surface area (Å²) in [5.74, 6) is 1.29. The fraction of sp³-hybridized carbons (Fsp3) is 0.543. The molecule has 3 fully saturated rings. The maximum absolute atomic E-state index is 12.4. The lowest BCUT2D eigenvalue weighted by Gasteiger charge is -2.61. The van der Waals surface area contributed by atoms with Gasteiger partial charge in [-0.05, 0) is 90.6 Å². The number of H-pyrrole nitrogens is 1. The highest BCUT2D eigenvalue weighted by Crippen LogP contribution is 2.51. The Labute approximate surface area is 275 Å². The summed E-state index contributed by atoms with van der Waals surface area (Å²) in [7, 11) is 0. The summed E-state index contributed by atoms with van der Waals surface area (Å²) in [6.45, 7) is 12.8. The molecule has 46 heavy (non-hydrogen) atoms. The Morgan fingerprint density at radius 2 is 1.89 bits per heavy atom. The Bertz CT molecular complexity index is 1630. The van der Waals surface area contributed by atoms with Crippen LogP contribution in [0.2, 0.25) is 0 Å². The number of aromatic hydroxyl groups is 1. The predicted octanol–water partition coefficient (Wildman–Crippen LogP) is 5.92. The molecule has 6 N–H and O–H groups in total. The molecule has 1 amide bonds. The molecule has 1 atom stereocenters. The highest BCUT2D eigenvalue weighted by Gasteiger charge is 2.55. The van der Waals surface area contributed by atoms with Crippen LogP contribution in [0.1, 0.15) is 92.6 Å². The van der Waals surface area contributed by atoms with Gasteiger partial charge >= 0.3 is 6.09 Å². The maximum atomic E-state index is 12.4. The number of anilines is 2.